The van der Waals surface area contributed by atoms with Crippen molar-refractivity contribution in [3.05, 3.63) is 11.3 Å². The molecule has 2 aliphatic carbocycles. The largest absolute Gasteiger partial charge is 0.294 e. The minimum Gasteiger partial charge on any atom is -0.294 e. The van der Waals surface area contributed by atoms with Crippen LogP contribution in [0, 0.1) is 5.92 Å². The number of Topliss-reactive ketones (excluding diaryl/α,β-unsaturated/α-hetero) is 1. The Hall–Kier alpha value is -0.920. The molecule has 0 unspecified atom stereocenters. The van der Waals surface area contributed by atoms with E-state index in [1.165, 1.54) is 18.6 Å². The summed E-state index contributed by atoms with van der Waals surface area (Å²) in [7, 11) is 0. The average molecular weight is 161 g/mol. The number of carbonyl (C=O) groups excluding carboxylic acids is 1. The topological polar surface area (TPSA) is 29.4 Å². The number of carbonyl (C=O) groups is 1. The molecule has 0 aromatic heterocycles. The van der Waals surface area contributed by atoms with Gasteiger partial charge in [-0.05, 0) is 25.2 Å². The molecule has 0 radical (unpaired) electrons. The zero-order chi connectivity index (χ0) is 8.13. The third kappa shape index (κ3) is 0.808. The quantitative estimate of drug-likeness (QED) is 0.577. The van der Waals surface area contributed by atoms with Crippen molar-refractivity contribution in [1.29, 1.82) is 0 Å². The molecule has 0 saturated heterocycles. The molecule has 62 valence electrons. The molecule has 0 bridgehead atoms. The first kappa shape index (κ1) is 6.58. The van der Waals surface area contributed by atoms with Crippen molar-refractivity contribution in [2.75, 3.05) is 0 Å². The summed E-state index contributed by atoms with van der Waals surface area (Å²) >= 11 is 0. The van der Waals surface area contributed by atoms with Gasteiger partial charge in [-0.2, -0.15) is 0 Å². The number of hydrogen-bond acceptors (Lipinski definition) is 2. The maximum Gasteiger partial charge on any atom is 0.161 e. The van der Waals surface area contributed by atoms with E-state index in [-0.39, 0.29) is 0 Å². The Balaban J connectivity index is 1.89. The van der Waals surface area contributed by atoms with Gasteiger partial charge in [-0.3, -0.25) is 9.79 Å². The summed E-state index contributed by atoms with van der Waals surface area (Å²) in [6.07, 6.45) is 5.11. The van der Waals surface area contributed by atoms with Gasteiger partial charge in [0.1, 0.15) is 0 Å². The van der Waals surface area contributed by atoms with Crippen LogP contribution in [0.3, 0.4) is 0 Å². The Bertz CT molecular complexity index is 321. The molecule has 1 saturated carbocycles. The Morgan fingerprint density at radius 3 is 2.75 bits per heavy atom. The van der Waals surface area contributed by atoms with Crippen LogP contribution >= 0.6 is 0 Å². The normalized spacial score (nSPS) is 28.0. The molecule has 0 aromatic carbocycles. The molecular formula is C10H11NO. The Kier molecular flexibility index (Phi) is 1.13. The van der Waals surface area contributed by atoms with Crippen LogP contribution in [-0.2, 0) is 4.79 Å². The summed E-state index contributed by atoms with van der Waals surface area (Å²) in [5.74, 6) is 1.09. The van der Waals surface area contributed by atoms with E-state index >= 15 is 0 Å². The predicted molar refractivity (Wildman–Crippen MR) is 46.0 cm³/mol. The third-order valence-corrected chi connectivity index (χ3v) is 2.96. The van der Waals surface area contributed by atoms with Gasteiger partial charge in [-0.25, -0.2) is 0 Å². The van der Waals surface area contributed by atoms with Crippen LogP contribution in [0.15, 0.2) is 16.3 Å². The Morgan fingerprint density at radius 1 is 1.25 bits per heavy atom. The summed E-state index contributed by atoms with van der Waals surface area (Å²) < 4.78 is 0. The first-order valence-corrected chi connectivity index (χ1v) is 4.67. The zero-order valence-corrected chi connectivity index (χ0v) is 6.97. The highest BCUT2D eigenvalue weighted by molar-refractivity contribution is 6.08. The van der Waals surface area contributed by atoms with Crippen LogP contribution in [-0.4, -0.2) is 11.5 Å². The van der Waals surface area contributed by atoms with Gasteiger partial charge in [0, 0.05) is 29.8 Å². The minimum absolute atomic E-state index is 0.351. The lowest BCUT2D eigenvalue weighted by Crippen LogP contribution is -2.03. The predicted octanol–water partition coefficient (Wildman–Crippen LogP) is 1.86. The van der Waals surface area contributed by atoms with Gasteiger partial charge in [0.15, 0.2) is 5.78 Å². The van der Waals surface area contributed by atoms with Crippen molar-refractivity contribution in [1.82, 2.24) is 0 Å². The molecule has 2 nitrogen and oxygen atoms in total. The number of hydrogen-bond donors (Lipinski definition) is 0. The van der Waals surface area contributed by atoms with Crippen molar-refractivity contribution in [3.63, 3.8) is 0 Å². The van der Waals surface area contributed by atoms with Crippen LogP contribution < -0.4 is 0 Å². The van der Waals surface area contributed by atoms with Crippen LogP contribution in [0.2, 0.25) is 0 Å². The van der Waals surface area contributed by atoms with Crippen LogP contribution in [0.4, 0.5) is 0 Å². The smallest absolute Gasteiger partial charge is 0.161 e. The maximum atomic E-state index is 11.3. The average Bonchev–Trinajstić information content (AvgIpc) is 2.73. The molecule has 12 heavy (non-hydrogen) atoms. The first-order chi connectivity index (χ1) is 5.84. The molecule has 3 rings (SSSR count). The number of aliphatic imine (C=N–C) groups is 1. The van der Waals surface area contributed by atoms with Crippen LogP contribution in [0.5, 0.6) is 0 Å². The minimum atomic E-state index is 0.351. The van der Waals surface area contributed by atoms with E-state index < -0.39 is 0 Å². The molecule has 0 spiro atoms. The van der Waals surface area contributed by atoms with Gasteiger partial charge in [0.05, 0.1) is 0 Å². The maximum absolute atomic E-state index is 11.3. The van der Waals surface area contributed by atoms with E-state index in [9.17, 15) is 4.79 Å². The fourth-order valence-corrected chi connectivity index (χ4v) is 2.06. The van der Waals surface area contributed by atoms with Gasteiger partial charge in [-0.1, -0.05) is 0 Å². The summed E-state index contributed by atoms with van der Waals surface area (Å²) in [4.78, 5) is 15.9. The lowest BCUT2D eigenvalue weighted by atomic mass is 10.1. The zero-order valence-electron chi connectivity index (χ0n) is 6.97. The molecule has 1 fully saturated rings. The number of rotatable bonds is 1. The van der Waals surface area contributed by atoms with E-state index in [0.29, 0.717) is 12.2 Å². The highest BCUT2D eigenvalue weighted by Gasteiger charge is 2.35. The lowest BCUT2D eigenvalue weighted by Gasteiger charge is -1.97. The van der Waals surface area contributed by atoms with Gasteiger partial charge in [-0.15, -0.1) is 0 Å². The molecule has 3 aliphatic rings. The highest BCUT2D eigenvalue weighted by atomic mass is 16.1. The molecular weight excluding hydrogens is 150 g/mol. The Morgan fingerprint density at radius 2 is 2.08 bits per heavy atom. The van der Waals surface area contributed by atoms with Crippen molar-refractivity contribution >= 4 is 11.5 Å². The van der Waals surface area contributed by atoms with Gasteiger partial charge < -0.3 is 0 Å². The summed E-state index contributed by atoms with van der Waals surface area (Å²) in [5, 5.41) is 0. The van der Waals surface area contributed by atoms with Gasteiger partial charge in [0.2, 0.25) is 0 Å². The van der Waals surface area contributed by atoms with Crippen molar-refractivity contribution in [2.24, 2.45) is 10.9 Å². The third-order valence-electron chi connectivity index (χ3n) is 2.96. The van der Waals surface area contributed by atoms with E-state index in [0.717, 1.165) is 30.0 Å². The second kappa shape index (κ2) is 2.06. The standard InChI is InChI=1S/C10H11NO/c12-10-4-3-8-7(10)5-9(11-8)6-1-2-6/h6H,1-5H2. The molecule has 1 heterocycles. The molecule has 0 atom stereocenters. The van der Waals surface area contributed by atoms with E-state index in [2.05, 4.69) is 4.99 Å². The fraction of sp³-hybridized carbons (Fsp3) is 0.600. The molecule has 0 N–H and O–H groups in total. The molecule has 0 amide bonds. The summed E-state index contributed by atoms with van der Waals surface area (Å²) in [6, 6.07) is 0. The van der Waals surface area contributed by atoms with Crippen LogP contribution in [0.25, 0.3) is 0 Å². The van der Waals surface area contributed by atoms with Crippen molar-refractivity contribution in [2.45, 2.75) is 32.1 Å². The molecule has 1 aliphatic heterocycles. The number of nitrogens with zero attached hydrogens (tertiary/aromatic N) is 1. The second-order valence-electron chi connectivity index (χ2n) is 3.90. The van der Waals surface area contributed by atoms with E-state index in [1.54, 1.807) is 0 Å². The van der Waals surface area contributed by atoms with E-state index in [1.807, 2.05) is 0 Å². The first-order valence-electron chi connectivity index (χ1n) is 4.67. The lowest BCUT2D eigenvalue weighted by molar-refractivity contribution is -0.114. The SMILES string of the molecule is O=C1CCC2=C1CC(C1CC1)=N2. The monoisotopic (exact) mass is 161 g/mol. The van der Waals surface area contributed by atoms with Gasteiger partial charge in [0.25, 0.3) is 0 Å². The summed E-state index contributed by atoms with van der Waals surface area (Å²) in [5.41, 5.74) is 3.45. The Labute approximate surface area is 71.4 Å². The van der Waals surface area contributed by atoms with Crippen molar-refractivity contribution < 1.29 is 4.79 Å². The highest BCUT2D eigenvalue weighted by Crippen LogP contribution is 2.40. The number of allylic oxidation sites excluding steroid dienone is 2. The fourth-order valence-electron chi connectivity index (χ4n) is 2.06. The van der Waals surface area contributed by atoms with E-state index in [4.69, 9.17) is 0 Å². The van der Waals surface area contributed by atoms with Gasteiger partial charge >= 0.3 is 0 Å². The second-order valence-corrected chi connectivity index (χ2v) is 3.90. The molecule has 2 heteroatoms. The number of ketones is 1. The van der Waals surface area contributed by atoms with Crippen molar-refractivity contribution in [3.8, 4) is 0 Å². The molecule has 0 aromatic rings. The van der Waals surface area contributed by atoms with Crippen LogP contribution in [0.1, 0.15) is 32.1 Å². The summed E-state index contributed by atoms with van der Waals surface area (Å²) in [6.45, 7) is 0.